The van der Waals surface area contributed by atoms with E-state index >= 15 is 0 Å². The molecule has 1 atom stereocenters. The zero-order chi connectivity index (χ0) is 23.8. The van der Waals surface area contributed by atoms with E-state index in [0.29, 0.717) is 34.2 Å². The third kappa shape index (κ3) is 3.67. The van der Waals surface area contributed by atoms with E-state index < -0.39 is 5.92 Å². The first kappa shape index (κ1) is 21.6. The normalized spacial score (nSPS) is 15.7. The van der Waals surface area contributed by atoms with Gasteiger partial charge in [0, 0.05) is 41.6 Å². The molecule has 174 valence electrons. The fourth-order valence-corrected chi connectivity index (χ4v) is 4.38. The number of hydrogen-bond acceptors (Lipinski definition) is 6. The van der Waals surface area contributed by atoms with E-state index in [1.165, 1.54) is 7.11 Å². The predicted molar refractivity (Wildman–Crippen MR) is 129 cm³/mol. The molecule has 1 aliphatic rings. The molecule has 2 amide bonds. The van der Waals surface area contributed by atoms with Gasteiger partial charge in [-0.05, 0) is 24.3 Å². The number of methoxy groups -OCH3 is 3. The fraction of sp³-hybridized carbons (Fsp3) is 0.231. The largest absolute Gasteiger partial charge is 0.495 e. The summed E-state index contributed by atoms with van der Waals surface area (Å²) in [5.41, 5.74) is 2.55. The van der Waals surface area contributed by atoms with Crippen LogP contribution in [0.2, 0.25) is 0 Å². The summed E-state index contributed by atoms with van der Waals surface area (Å²) in [6.45, 7) is 0.259. The van der Waals surface area contributed by atoms with Crippen molar-refractivity contribution in [3.8, 4) is 17.2 Å². The molecule has 0 spiro atoms. The summed E-state index contributed by atoms with van der Waals surface area (Å²) < 4.78 is 22.1. The van der Waals surface area contributed by atoms with Gasteiger partial charge in [-0.2, -0.15) is 0 Å². The second-order valence-electron chi connectivity index (χ2n) is 8.08. The molecule has 0 saturated carbocycles. The number of nitrogens with zero attached hydrogens (tertiary/aromatic N) is 1. The minimum absolute atomic E-state index is 0.107. The van der Waals surface area contributed by atoms with Crippen LogP contribution in [0.1, 0.15) is 6.42 Å². The van der Waals surface area contributed by atoms with Gasteiger partial charge >= 0.3 is 0 Å². The van der Waals surface area contributed by atoms with Crippen molar-refractivity contribution in [1.82, 2.24) is 0 Å². The number of carbonyl (C=O) groups is 2. The van der Waals surface area contributed by atoms with E-state index in [4.69, 9.17) is 18.6 Å². The summed E-state index contributed by atoms with van der Waals surface area (Å²) in [6, 6.07) is 16.6. The van der Waals surface area contributed by atoms with Crippen LogP contribution < -0.4 is 24.4 Å². The van der Waals surface area contributed by atoms with Crippen LogP contribution in [0.15, 0.2) is 59.0 Å². The Labute approximate surface area is 196 Å². The van der Waals surface area contributed by atoms with Crippen LogP contribution in [0.3, 0.4) is 0 Å². The summed E-state index contributed by atoms with van der Waals surface area (Å²) in [4.78, 5) is 27.4. The number of ether oxygens (including phenoxy) is 3. The average molecular weight is 460 g/mol. The van der Waals surface area contributed by atoms with Gasteiger partial charge in [-0.3, -0.25) is 9.59 Å². The minimum atomic E-state index is -0.517. The van der Waals surface area contributed by atoms with E-state index in [2.05, 4.69) is 5.32 Å². The van der Waals surface area contributed by atoms with Crippen LogP contribution in [0.25, 0.3) is 21.9 Å². The maximum Gasteiger partial charge on any atom is 0.229 e. The van der Waals surface area contributed by atoms with Crippen molar-refractivity contribution in [3.05, 3.63) is 54.6 Å². The van der Waals surface area contributed by atoms with Gasteiger partial charge in [0.25, 0.3) is 0 Å². The van der Waals surface area contributed by atoms with E-state index in [-0.39, 0.29) is 24.8 Å². The molecule has 8 heteroatoms. The fourth-order valence-electron chi connectivity index (χ4n) is 4.38. The van der Waals surface area contributed by atoms with E-state index in [0.717, 1.165) is 16.4 Å². The van der Waals surface area contributed by atoms with Crippen molar-refractivity contribution in [2.24, 2.45) is 5.92 Å². The van der Waals surface area contributed by atoms with Crippen molar-refractivity contribution in [1.29, 1.82) is 0 Å². The lowest BCUT2D eigenvalue weighted by molar-refractivity contribution is -0.122. The van der Waals surface area contributed by atoms with Gasteiger partial charge < -0.3 is 28.8 Å². The average Bonchev–Trinajstić information content (AvgIpc) is 3.43. The minimum Gasteiger partial charge on any atom is -0.495 e. The number of fused-ring (bicyclic) bond motifs is 3. The van der Waals surface area contributed by atoms with E-state index in [1.807, 2.05) is 30.3 Å². The zero-order valence-electron chi connectivity index (χ0n) is 19.1. The van der Waals surface area contributed by atoms with Crippen LogP contribution in [-0.2, 0) is 9.59 Å². The number of hydrogen-bond donors (Lipinski definition) is 1. The van der Waals surface area contributed by atoms with Crippen LogP contribution in [0.4, 0.5) is 11.4 Å². The van der Waals surface area contributed by atoms with E-state index in [1.54, 1.807) is 43.4 Å². The highest BCUT2D eigenvalue weighted by Gasteiger charge is 2.36. The topological polar surface area (TPSA) is 90.2 Å². The van der Waals surface area contributed by atoms with Crippen molar-refractivity contribution < 1.29 is 28.2 Å². The Hall–Kier alpha value is -4.20. The standard InChI is InChI=1S/C26H24N2O6/c1-31-21-9-8-16(11-24(21)33-3)28-14-15(10-25(28)29)26(30)27-19-13-22-18(12-23(19)32-2)17-6-4-5-7-20(17)34-22/h4-9,11-13,15H,10,14H2,1-3H3,(H,27,30). The summed E-state index contributed by atoms with van der Waals surface area (Å²) in [5.74, 6) is 0.701. The van der Waals surface area contributed by atoms with Crippen LogP contribution in [-0.4, -0.2) is 39.7 Å². The number of anilines is 2. The highest BCUT2D eigenvalue weighted by molar-refractivity contribution is 6.09. The second-order valence-corrected chi connectivity index (χ2v) is 8.08. The Morgan fingerprint density at radius 3 is 2.44 bits per heavy atom. The number of carbonyl (C=O) groups excluding carboxylic acids is 2. The molecule has 0 aliphatic carbocycles. The Bertz CT molecular complexity index is 1410. The Morgan fingerprint density at radius 2 is 1.68 bits per heavy atom. The molecule has 0 bridgehead atoms. The third-order valence-electron chi connectivity index (χ3n) is 6.13. The Kier molecular flexibility index (Phi) is 5.49. The molecule has 4 aromatic rings. The number of rotatable bonds is 6. The summed E-state index contributed by atoms with van der Waals surface area (Å²) >= 11 is 0. The zero-order valence-corrected chi connectivity index (χ0v) is 19.1. The molecule has 3 aromatic carbocycles. The highest BCUT2D eigenvalue weighted by atomic mass is 16.5. The molecule has 1 aliphatic heterocycles. The molecule has 8 nitrogen and oxygen atoms in total. The molecule has 34 heavy (non-hydrogen) atoms. The number of furan rings is 1. The van der Waals surface area contributed by atoms with Crippen LogP contribution in [0, 0.1) is 5.92 Å². The van der Waals surface area contributed by atoms with Gasteiger partial charge in [-0.25, -0.2) is 0 Å². The lowest BCUT2D eigenvalue weighted by Crippen LogP contribution is -2.28. The molecule has 2 heterocycles. The molecule has 1 N–H and O–H groups in total. The summed E-state index contributed by atoms with van der Waals surface area (Å²) in [7, 11) is 4.64. The van der Waals surface area contributed by atoms with Gasteiger partial charge in [0.1, 0.15) is 16.9 Å². The predicted octanol–water partition coefficient (Wildman–Crippen LogP) is 4.60. The second kappa shape index (κ2) is 8.62. The smallest absolute Gasteiger partial charge is 0.229 e. The van der Waals surface area contributed by atoms with Crippen molar-refractivity contribution >= 4 is 45.1 Å². The monoisotopic (exact) mass is 460 g/mol. The van der Waals surface area contributed by atoms with Gasteiger partial charge in [0.15, 0.2) is 11.5 Å². The Morgan fingerprint density at radius 1 is 0.912 bits per heavy atom. The molecule has 1 saturated heterocycles. The number of para-hydroxylation sites is 1. The number of amides is 2. The maximum atomic E-state index is 13.1. The van der Waals surface area contributed by atoms with Crippen molar-refractivity contribution in [2.75, 3.05) is 38.1 Å². The van der Waals surface area contributed by atoms with Crippen LogP contribution >= 0.6 is 0 Å². The molecule has 0 radical (unpaired) electrons. The first-order valence-corrected chi connectivity index (χ1v) is 10.8. The number of benzene rings is 3. The lowest BCUT2D eigenvalue weighted by atomic mass is 10.1. The molecular formula is C26H24N2O6. The number of nitrogens with one attached hydrogen (secondary N) is 1. The molecule has 1 fully saturated rings. The van der Waals surface area contributed by atoms with Crippen molar-refractivity contribution in [2.45, 2.75) is 6.42 Å². The van der Waals surface area contributed by atoms with Gasteiger partial charge in [0.2, 0.25) is 11.8 Å². The first-order chi connectivity index (χ1) is 16.5. The summed E-state index contributed by atoms with van der Waals surface area (Å²) in [6.07, 6.45) is 0.107. The lowest BCUT2D eigenvalue weighted by Gasteiger charge is -2.19. The molecular weight excluding hydrogens is 436 g/mol. The molecule has 1 aromatic heterocycles. The van der Waals surface area contributed by atoms with Crippen molar-refractivity contribution in [3.63, 3.8) is 0 Å². The quantitative estimate of drug-likeness (QED) is 0.452. The maximum absolute atomic E-state index is 13.1. The summed E-state index contributed by atoms with van der Waals surface area (Å²) in [5, 5.41) is 4.80. The highest BCUT2D eigenvalue weighted by Crippen LogP contribution is 2.38. The third-order valence-corrected chi connectivity index (χ3v) is 6.13. The Balaban J connectivity index is 1.38. The van der Waals surface area contributed by atoms with Gasteiger partial charge in [-0.1, -0.05) is 18.2 Å². The molecule has 1 unspecified atom stereocenters. The van der Waals surface area contributed by atoms with Crippen LogP contribution in [0.5, 0.6) is 17.2 Å². The molecule has 5 rings (SSSR count). The van der Waals surface area contributed by atoms with Gasteiger partial charge in [0.05, 0.1) is 32.9 Å². The van der Waals surface area contributed by atoms with E-state index in [9.17, 15) is 9.59 Å². The SMILES string of the molecule is COc1cc2c(cc1NC(=O)C1CC(=O)N(c3ccc(OC)c(OC)c3)C1)oc1ccccc12. The van der Waals surface area contributed by atoms with Gasteiger partial charge in [-0.15, -0.1) is 0 Å². The first-order valence-electron chi connectivity index (χ1n) is 10.8.